The molecule has 8 atom stereocenters. The van der Waals surface area contributed by atoms with Crippen LogP contribution in [0.4, 0.5) is 0 Å². The summed E-state index contributed by atoms with van der Waals surface area (Å²) < 4.78 is 12.3. The lowest BCUT2D eigenvalue weighted by atomic mass is 9.12. The van der Waals surface area contributed by atoms with Gasteiger partial charge >= 0.3 is 0 Å². The minimum atomic E-state index is -0.412. The topological polar surface area (TPSA) is 35.5 Å². The fourth-order valence-electron chi connectivity index (χ4n) is 7.91. The number of ether oxygens (including phenoxy) is 2. The molecular formula is C18H15BrO3. The fraction of sp³-hybridized carbons (Fsp3) is 0.611. The number of halogens is 1. The highest BCUT2D eigenvalue weighted by Crippen LogP contribution is 3.05. The first-order valence-corrected chi connectivity index (χ1v) is 9.06. The monoisotopic (exact) mass is 358 g/mol. The molecule has 0 aromatic heterocycles. The Kier molecular flexibility index (Phi) is 1.60. The predicted octanol–water partition coefficient (Wildman–Crippen LogP) is 2.50. The van der Waals surface area contributed by atoms with Crippen molar-refractivity contribution in [3.63, 3.8) is 0 Å². The summed E-state index contributed by atoms with van der Waals surface area (Å²) in [5, 5.41) is 0. The average molecular weight is 359 g/mol. The maximum absolute atomic E-state index is 13.2. The molecule has 0 N–H and O–H groups in total. The Morgan fingerprint density at radius 2 is 1.55 bits per heavy atom. The summed E-state index contributed by atoms with van der Waals surface area (Å²) in [7, 11) is 0. The predicted molar refractivity (Wildman–Crippen MR) is 80.4 cm³/mol. The third-order valence-corrected chi connectivity index (χ3v) is 9.67. The number of Topliss-reactive ketones (excluding diaryl/α,β-unsaturated/α-hetero) is 1. The fourth-order valence-corrected chi connectivity index (χ4v) is 9.54. The number of ketones is 1. The molecule has 3 nitrogen and oxygen atoms in total. The molecule has 1 aromatic rings. The van der Waals surface area contributed by atoms with Crippen molar-refractivity contribution >= 4 is 21.7 Å². The number of hydrogen-bond acceptors (Lipinski definition) is 3. The zero-order chi connectivity index (χ0) is 14.5. The second kappa shape index (κ2) is 2.99. The van der Waals surface area contributed by atoms with E-state index in [2.05, 4.69) is 15.9 Å². The molecule has 2 bridgehead atoms. The van der Waals surface area contributed by atoms with Crippen LogP contribution in [0.5, 0.6) is 0 Å². The van der Waals surface area contributed by atoms with Gasteiger partial charge in [-0.3, -0.25) is 4.79 Å². The summed E-state index contributed by atoms with van der Waals surface area (Å²) in [6.07, 6.45) is 0. The molecule has 0 amide bonds. The first-order valence-electron chi connectivity index (χ1n) is 8.27. The summed E-state index contributed by atoms with van der Waals surface area (Å²) in [4.78, 5) is 13.2. The van der Waals surface area contributed by atoms with Gasteiger partial charge in [0.05, 0.1) is 17.5 Å². The Bertz CT molecular complexity index is 733. The normalized spacial score (nSPS) is 59.3. The summed E-state index contributed by atoms with van der Waals surface area (Å²) in [5.74, 6) is 3.17. The van der Waals surface area contributed by atoms with Gasteiger partial charge in [-0.15, -0.1) is 0 Å². The number of carbonyl (C=O) groups excluding carboxylic acids is 1. The SMILES string of the molecule is O=C(c1ccccc1)C12C3[C@@H]4[C@H]1C1[C@@H]2[C@H]3C4(Br)C12OCCO2. The third-order valence-electron chi connectivity index (χ3n) is 8.06. The molecule has 7 fully saturated rings. The van der Waals surface area contributed by atoms with Crippen molar-refractivity contribution in [1.29, 1.82) is 0 Å². The van der Waals surface area contributed by atoms with E-state index in [1.54, 1.807) is 0 Å². The molecule has 1 heterocycles. The lowest BCUT2D eigenvalue weighted by molar-refractivity contribution is -0.409. The number of hydrogen-bond donors (Lipinski definition) is 0. The van der Waals surface area contributed by atoms with Crippen molar-refractivity contribution in [1.82, 2.24) is 0 Å². The minimum Gasteiger partial charge on any atom is -0.346 e. The largest absolute Gasteiger partial charge is 0.346 e. The van der Waals surface area contributed by atoms with Crippen molar-refractivity contribution in [3.05, 3.63) is 35.9 Å². The van der Waals surface area contributed by atoms with Crippen LogP contribution in [-0.2, 0) is 9.47 Å². The molecule has 8 rings (SSSR count). The van der Waals surface area contributed by atoms with Gasteiger partial charge in [0.25, 0.3) is 0 Å². The van der Waals surface area contributed by atoms with Crippen LogP contribution in [-0.4, -0.2) is 29.1 Å². The zero-order valence-corrected chi connectivity index (χ0v) is 13.5. The molecule has 1 aromatic carbocycles. The molecule has 6 saturated carbocycles. The van der Waals surface area contributed by atoms with E-state index < -0.39 is 5.79 Å². The Morgan fingerprint density at radius 3 is 2.18 bits per heavy atom. The number of alkyl halides is 1. The van der Waals surface area contributed by atoms with Gasteiger partial charge in [0.2, 0.25) is 0 Å². The Morgan fingerprint density at radius 1 is 0.955 bits per heavy atom. The van der Waals surface area contributed by atoms with Gasteiger partial charge in [-0.05, 0) is 29.6 Å². The van der Waals surface area contributed by atoms with E-state index in [0.717, 1.165) is 5.56 Å². The van der Waals surface area contributed by atoms with Gasteiger partial charge < -0.3 is 9.47 Å². The molecule has 6 aliphatic carbocycles. The van der Waals surface area contributed by atoms with Crippen LogP contribution in [0.2, 0.25) is 0 Å². The van der Waals surface area contributed by atoms with E-state index in [4.69, 9.17) is 9.47 Å². The van der Waals surface area contributed by atoms with E-state index in [-0.39, 0.29) is 9.74 Å². The molecule has 112 valence electrons. The lowest BCUT2D eigenvalue weighted by Gasteiger charge is -2.90. The van der Waals surface area contributed by atoms with E-state index >= 15 is 0 Å². The lowest BCUT2D eigenvalue weighted by Crippen LogP contribution is -2.93. The Balaban J connectivity index is 1.36. The average Bonchev–Trinajstić information content (AvgIpc) is 3.07. The number of benzene rings is 1. The van der Waals surface area contributed by atoms with Crippen LogP contribution in [0, 0.1) is 40.9 Å². The molecule has 1 saturated heterocycles. The maximum Gasteiger partial charge on any atom is 0.187 e. The second-order valence-electron chi connectivity index (χ2n) is 7.92. The van der Waals surface area contributed by atoms with E-state index in [1.807, 2.05) is 30.3 Å². The summed E-state index contributed by atoms with van der Waals surface area (Å²) in [6.45, 7) is 1.40. The summed E-state index contributed by atoms with van der Waals surface area (Å²) >= 11 is 4.04. The van der Waals surface area contributed by atoms with Crippen molar-refractivity contribution in [2.24, 2.45) is 40.9 Å². The highest BCUT2D eigenvalue weighted by Gasteiger charge is 3.10. The zero-order valence-electron chi connectivity index (χ0n) is 11.9. The molecule has 4 unspecified atom stereocenters. The minimum absolute atomic E-state index is 0.0138. The van der Waals surface area contributed by atoms with Crippen LogP contribution in [0.3, 0.4) is 0 Å². The smallest absolute Gasteiger partial charge is 0.187 e. The Hall–Kier alpha value is -0.710. The van der Waals surface area contributed by atoms with Crippen LogP contribution < -0.4 is 0 Å². The standard InChI is InChI=1S/C18H15BrO3/c19-17-12-9-13(17)11-14(18(17)21-6-7-22-18)10(12)16(9,11)15(20)8-4-2-1-3-5-8/h1-5,9-14H,6-7H2/t9?,10-,11-,12-,13+,14?,16?,17?/m0/s1. The molecular weight excluding hydrogens is 344 g/mol. The molecule has 7 aliphatic rings. The molecule has 1 spiro atoms. The quantitative estimate of drug-likeness (QED) is 0.601. The van der Waals surface area contributed by atoms with Crippen molar-refractivity contribution in [3.8, 4) is 0 Å². The Labute approximate surface area is 136 Å². The van der Waals surface area contributed by atoms with Gasteiger partial charge in [0, 0.05) is 16.9 Å². The van der Waals surface area contributed by atoms with Gasteiger partial charge in [0.1, 0.15) is 0 Å². The molecule has 0 radical (unpaired) electrons. The molecule has 1 aliphatic heterocycles. The third kappa shape index (κ3) is 0.711. The molecule has 4 heteroatoms. The summed E-state index contributed by atoms with van der Waals surface area (Å²) in [5.41, 5.74) is 0.835. The van der Waals surface area contributed by atoms with Crippen LogP contribution in [0.15, 0.2) is 30.3 Å². The van der Waals surface area contributed by atoms with Crippen molar-refractivity contribution in [2.75, 3.05) is 13.2 Å². The second-order valence-corrected chi connectivity index (χ2v) is 9.23. The van der Waals surface area contributed by atoms with Gasteiger partial charge in [-0.25, -0.2) is 0 Å². The maximum atomic E-state index is 13.2. The van der Waals surface area contributed by atoms with Crippen LogP contribution in [0.1, 0.15) is 10.4 Å². The van der Waals surface area contributed by atoms with Gasteiger partial charge in [0.15, 0.2) is 11.6 Å². The summed E-state index contributed by atoms with van der Waals surface area (Å²) in [6, 6.07) is 9.87. The highest BCUT2D eigenvalue weighted by molar-refractivity contribution is 9.10. The van der Waals surface area contributed by atoms with E-state index in [9.17, 15) is 4.79 Å². The molecule has 22 heavy (non-hydrogen) atoms. The van der Waals surface area contributed by atoms with Gasteiger partial charge in [-0.1, -0.05) is 46.3 Å². The van der Waals surface area contributed by atoms with Gasteiger partial charge in [-0.2, -0.15) is 0 Å². The van der Waals surface area contributed by atoms with Crippen LogP contribution in [0.25, 0.3) is 0 Å². The highest BCUT2D eigenvalue weighted by atomic mass is 79.9. The van der Waals surface area contributed by atoms with Crippen LogP contribution >= 0.6 is 15.9 Å². The first-order chi connectivity index (χ1) is 10.7. The number of rotatable bonds is 2. The van der Waals surface area contributed by atoms with Crippen molar-refractivity contribution < 1.29 is 14.3 Å². The number of carbonyl (C=O) groups is 1. The van der Waals surface area contributed by atoms with Crippen molar-refractivity contribution in [2.45, 2.75) is 10.1 Å². The van der Waals surface area contributed by atoms with E-state index in [1.165, 1.54) is 0 Å². The van der Waals surface area contributed by atoms with E-state index in [0.29, 0.717) is 54.5 Å². The first kappa shape index (κ1) is 11.8.